The molecule has 1 heterocycles. The highest BCUT2D eigenvalue weighted by atomic mass is 32.1. The van der Waals surface area contributed by atoms with E-state index < -0.39 is 0 Å². The molecule has 1 aromatic heterocycles. The minimum absolute atomic E-state index is 0.189. The van der Waals surface area contributed by atoms with Crippen molar-refractivity contribution in [2.75, 3.05) is 0 Å². The summed E-state index contributed by atoms with van der Waals surface area (Å²) >= 11 is 1.33. The molecule has 2 N–H and O–H groups in total. The third-order valence-corrected chi connectivity index (χ3v) is 3.19. The van der Waals surface area contributed by atoms with Crippen LogP contribution in [-0.2, 0) is 6.61 Å². The molecular weight excluding hydrogens is 200 g/mol. The number of aromatic hydroxyl groups is 1. The smallest absolute Gasteiger partial charge is 0.150 e. The molecule has 0 saturated carbocycles. The van der Waals surface area contributed by atoms with Crippen LogP contribution in [0.3, 0.4) is 0 Å². The Bertz CT molecular complexity index is 487. The number of aldehydes is 1. The summed E-state index contributed by atoms with van der Waals surface area (Å²) in [6.45, 7) is -0.189. The highest BCUT2D eigenvalue weighted by Crippen LogP contribution is 2.34. The predicted molar refractivity (Wildman–Crippen MR) is 54.8 cm³/mol. The Morgan fingerprint density at radius 2 is 2.21 bits per heavy atom. The zero-order chi connectivity index (χ0) is 10.1. The molecule has 0 atom stereocenters. The van der Waals surface area contributed by atoms with Gasteiger partial charge in [0, 0.05) is 26.6 Å². The van der Waals surface area contributed by atoms with Crippen molar-refractivity contribution in [1.82, 2.24) is 0 Å². The Labute approximate surface area is 84.2 Å². The van der Waals surface area contributed by atoms with E-state index in [-0.39, 0.29) is 12.4 Å². The van der Waals surface area contributed by atoms with E-state index in [9.17, 15) is 9.90 Å². The molecular formula is C10H8O3S. The van der Waals surface area contributed by atoms with Gasteiger partial charge in [0.1, 0.15) is 12.0 Å². The van der Waals surface area contributed by atoms with Crippen molar-refractivity contribution >= 4 is 27.7 Å². The molecule has 3 nitrogen and oxygen atoms in total. The fourth-order valence-electron chi connectivity index (χ4n) is 1.43. The van der Waals surface area contributed by atoms with Gasteiger partial charge in [0.15, 0.2) is 0 Å². The zero-order valence-corrected chi connectivity index (χ0v) is 8.04. The number of rotatable bonds is 2. The van der Waals surface area contributed by atoms with E-state index in [1.54, 1.807) is 17.5 Å². The van der Waals surface area contributed by atoms with E-state index in [1.807, 2.05) is 0 Å². The molecule has 14 heavy (non-hydrogen) atoms. The highest BCUT2D eigenvalue weighted by Gasteiger charge is 2.10. The maximum absolute atomic E-state index is 10.7. The van der Waals surface area contributed by atoms with Crippen molar-refractivity contribution in [3.63, 3.8) is 0 Å². The first kappa shape index (κ1) is 9.18. The lowest BCUT2D eigenvalue weighted by Crippen LogP contribution is -1.91. The van der Waals surface area contributed by atoms with Crippen LogP contribution in [0.4, 0.5) is 0 Å². The van der Waals surface area contributed by atoms with Crippen LogP contribution in [0.15, 0.2) is 17.5 Å². The van der Waals surface area contributed by atoms with Crippen LogP contribution < -0.4 is 0 Å². The van der Waals surface area contributed by atoms with Crippen LogP contribution in [0.1, 0.15) is 15.9 Å². The van der Waals surface area contributed by atoms with Crippen molar-refractivity contribution in [3.8, 4) is 5.75 Å². The van der Waals surface area contributed by atoms with Crippen LogP contribution in [0.2, 0.25) is 0 Å². The molecule has 0 aliphatic heterocycles. The van der Waals surface area contributed by atoms with Gasteiger partial charge in [0.2, 0.25) is 0 Å². The average molecular weight is 208 g/mol. The monoisotopic (exact) mass is 208 g/mol. The molecule has 0 fully saturated rings. The van der Waals surface area contributed by atoms with Crippen LogP contribution in [0.25, 0.3) is 10.1 Å². The Morgan fingerprint density at radius 1 is 1.43 bits per heavy atom. The Balaban J connectivity index is 2.84. The van der Waals surface area contributed by atoms with Gasteiger partial charge in [0.25, 0.3) is 0 Å². The first-order valence-corrected chi connectivity index (χ1v) is 4.94. The summed E-state index contributed by atoms with van der Waals surface area (Å²) in [4.78, 5) is 10.7. The molecule has 2 rings (SSSR count). The largest absolute Gasteiger partial charge is 0.506 e. The van der Waals surface area contributed by atoms with Gasteiger partial charge in [-0.2, -0.15) is 0 Å². The number of thiophene rings is 1. The van der Waals surface area contributed by atoms with Gasteiger partial charge in [-0.05, 0) is 6.07 Å². The summed E-state index contributed by atoms with van der Waals surface area (Å²) in [5, 5.41) is 20.8. The number of benzene rings is 1. The van der Waals surface area contributed by atoms with Crippen LogP contribution in [0, 0.1) is 0 Å². The molecule has 0 bridgehead atoms. The molecule has 4 heteroatoms. The van der Waals surface area contributed by atoms with E-state index in [1.165, 1.54) is 11.3 Å². The summed E-state index contributed by atoms with van der Waals surface area (Å²) in [5.74, 6) is 0.192. The summed E-state index contributed by atoms with van der Waals surface area (Å²) in [6, 6.07) is 3.29. The van der Waals surface area contributed by atoms with Crippen molar-refractivity contribution in [2.45, 2.75) is 6.61 Å². The number of carbonyl (C=O) groups excluding carboxylic acids is 1. The van der Waals surface area contributed by atoms with Crippen molar-refractivity contribution in [1.29, 1.82) is 0 Å². The van der Waals surface area contributed by atoms with Gasteiger partial charge < -0.3 is 10.2 Å². The second-order valence-electron chi connectivity index (χ2n) is 2.91. The normalized spacial score (nSPS) is 10.6. The maximum Gasteiger partial charge on any atom is 0.150 e. The third kappa shape index (κ3) is 1.20. The van der Waals surface area contributed by atoms with Crippen LogP contribution in [0.5, 0.6) is 5.75 Å². The molecule has 0 unspecified atom stereocenters. The number of hydrogen-bond acceptors (Lipinski definition) is 4. The van der Waals surface area contributed by atoms with E-state index in [0.717, 1.165) is 4.70 Å². The molecule has 1 aromatic carbocycles. The average Bonchev–Trinajstić information content (AvgIpc) is 2.59. The van der Waals surface area contributed by atoms with E-state index in [2.05, 4.69) is 0 Å². The fraction of sp³-hybridized carbons (Fsp3) is 0.100. The molecule has 0 amide bonds. The number of fused-ring (bicyclic) bond motifs is 1. The highest BCUT2D eigenvalue weighted by molar-refractivity contribution is 7.17. The number of carbonyl (C=O) groups is 1. The molecule has 0 spiro atoms. The Morgan fingerprint density at radius 3 is 2.86 bits per heavy atom. The minimum atomic E-state index is -0.189. The predicted octanol–water partition coefficient (Wildman–Crippen LogP) is 1.91. The first-order chi connectivity index (χ1) is 6.77. The van der Waals surface area contributed by atoms with E-state index >= 15 is 0 Å². The minimum Gasteiger partial charge on any atom is -0.506 e. The van der Waals surface area contributed by atoms with Gasteiger partial charge >= 0.3 is 0 Å². The van der Waals surface area contributed by atoms with Crippen molar-refractivity contribution < 1.29 is 15.0 Å². The van der Waals surface area contributed by atoms with Crippen LogP contribution in [-0.4, -0.2) is 16.5 Å². The number of aliphatic hydroxyl groups excluding tert-OH is 1. The maximum atomic E-state index is 10.7. The molecule has 0 aliphatic carbocycles. The third-order valence-electron chi connectivity index (χ3n) is 2.15. The summed E-state index contributed by atoms with van der Waals surface area (Å²) in [5.41, 5.74) is 1.06. The molecule has 0 aliphatic rings. The SMILES string of the molecule is O=Cc1ccc2c(O)csc2c1CO. The Kier molecular flexibility index (Phi) is 2.23. The molecule has 2 aromatic rings. The lowest BCUT2D eigenvalue weighted by atomic mass is 10.1. The number of aliphatic hydroxyl groups is 1. The Hall–Kier alpha value is -1.39. The van der Waals surface area contributed by atoms with Crippen LogP contribution >= 0.6 is 11.3 Å². The lowest BCUT2D eigenvalue weighted by molar-refractivity contribution is 0.112. The first-order valence-electron chi connectivity index (χ1n) is 4.06. The standard InChI is InChI=1S/C10H8O3S/c11-3-6-1-2-7-9(13)5-14-10(7)8(6)4-12/h1-3,5,12-13H,4H2. The fourth-order valence-corrected chi connectivity index (χ4v) is 2.41. The van der Waals surface area contributed by atoms with Gasteiger partial charge in [-0.15, -0.1) is 11.3 Å². The zero-order valence-electron chi connectivity index (χ0n) is 7.23. The van der Waals surface area contributed by atoms with Crippen molar-refractivity contribution in [2.24, 2.45) is 0 Å². The van der Waals surface area contributed by atoms with Gasteiger partial charge in [-0.25, -0.2) is 0 Å². The lowest BCUT2D eigenvalue weighted by Gasteiger charge is -2.02. The van der Waals surface area contributed by atoms with E-state index in [4.69, 9.17) is 5.11 Å². The quantitative estimate of drug-likeness (QED) is 0.741. The molecule has 0 saturated heterocycles. The second-order valence-corrected chi connectivity index (χ2v) is 3.79. The second kappa shape index (κ2) is 3.40. The van der Waals surface area contributed by atoms with Gasteiger partial charge in [-0.1, -0.05) is 6.07 Å². The number of hydrogen-bond donors (Lipinski definition) is 2. The molecule has 0 radical (unpaired) electrons. The summed E-state index contributed by atoms with van der Waals surface area (Å²) in [7, 11) is 0. The van der Waals surface area contributed by atoms with Crippen molar-refractivity contribution in [3.05, 3.63) is 28.6 Å². The summed E-state index contributed by atoms with van der Waals surface area (Å²) in [6.07, 6.45) is 0.710. The molecule has 72 valence electrons. The summed E-state index contributed by atoms with van der Waals surface area (Å²) < 4.78 is 0.773. The van der Waals surface area contributed by atoms with E-state index in [0.29, 0.717) is 22.8 Å². The topological polar surface area (TPSA) is 57.5 Å². The van der Waals surface area contributed by atoms with Gasteiger partial charge in [-0.3, -0.25) is 4.79 Å². The van der Waals surface area contributed by atoms with Gasteiger partial charge in [0.05, 0.1) is 6.61 Å².